The SMILES string of the molecule is CCc1ccc(C2C(C(=O)OC)=CN([C@H](C)c3ccccc3)C=C2C(=O)OC)cc1. The van der Waals surface area contributed by atoms with Crippen LogP contribution in [0.2, 0.25) is 0 Å². The molecule has 0 N–H and O–H groups in total. The van der Waals surface area contributed by atoms with Crippen LogP contribution in [0.1, 0.15) is 42.5 Å². The summed E-state index contributed by atoms with van der Waals surface area (Å²) in [4.78, 5) is 27.3. The summed E-state index contributed by atoms with van der Waals surface area (Å²) in [5.41, 5.74) is 3.87. The van der Waals surface area contributed by atoms with Crippen molar-refractivity contribution in [3.63, 3.8) is 0 Å². The maximum absolute atomic E-state index is 12.7. The van der Waals surface area contributed by atoms with Crippen LogP contribution in [0.5, 0.6) is 0 Å². The number of carbonyl (C=O) groups is 2. The molecule has 156 valence electrons. The molecule has 5 nitrogen and oxygen atoms in total. The number of benzene rings is 2. The number of methoxy groups -OCH3 is 2. The van der Waals surface area contributed by atoms with Crippen molar-refractivity contribution >= 4 is 11.9 Å². The van der Waals surface area contributed by atoms with E-state index in [4.69, 9.17) is 9.47 Å². The quantitative estimate of drug-likeness (QED) is 0.661. The van der Waals surface area contributed by atoms with Crippen LogP contribution in [0.3, 0.4) is 0 Å². The lowest BCUT2D eigenvalue weighted by Gasteiger charge is -2.33. The molecule has 1 aliphatic rings. The zero-order chi connectivity index (χ0) is 21.7. The minimum Gasteiger partial charge on any atom is -0.466 e. The van der Waals surface area contributed by atoms with Crippen molar-refractivity contribution < 1.29 is 19.1 Å². The Kier molecular flexibility index (Phi) is 6.72. The first-order valence-electron chi connectivity index (χ1n) is 10.0. The van der Waals surface area contributed by atoms with Gasteiger partial charge >= 0.3 is 11.9 Å². The van der Waals surface area contributed by atoms with Crippen LogP contribution in [0, 0.1) is 0 Å². The van der Waals surface area contributed by atoms with E-state index in [1.54, 1.807) is 12.4 Å². The largest absolute Gasteiger partial charge is 0.466 e. The fourth-order valence-electron chi connectivity index (χ4n) is 3.68. The van der Waals surface area contributed by atoms with Gasteiger partial charge in [-0.1, -0.05) is 61.5 Å². The van der Waals surface area contributed by atoms with Gasteiger partial charge in [-0.25, -0.2) is 9.59 Å². The molecule has 2 aromatic carbocycles. The van der Waals surface area contributed by atoms with Crippen LogP contribution in [0.15, 0.2) is 78.1 Å². The molecule has 0 aliphatic carbocycles. The van der Waals surface area contributed by atoms with Crippen molar-refractivity contribution in [2.45, 2.75) is 32.2 Å². The van der Waals surface area contributed by atoms with Crippen LogP contribution in [-0.2, 0) is 25.5 Å². The van der Waals surface area contributed by atoms with E-state index in [9.17, 15) is 9.59 Å². The Labute approximate surface area is 177 Å². The fourth-order valence-corrected chi connectivity index (χ4v) is 3.68. The molecule has 1 aliphatic heterocycles. The van der Waals surface area contributed by atoms with E-state index in [1.165, 1.54) is 19.8 Å². The molecule has 0 amide bonds. The highest BCUT2D eigenvalue weighted by Gasteiger charge is 2.36. The topological polar surface area (TPSA) is 55.8 Å². The zero-order valence-corrected chi connectivity index (χ0v) is 17.8. The van der Waals surface area contributed by atoms with Crippen molar-refractivity contribution in [3.8, 4) is 0 Å². The summed E-state index contributed by atoms with van der Waals surface area (Å²) in [6.45, 7) is 4.10. The molecule has 1 heterocycles. The Bertz CT molecular complexity index is 926. The second-order valence-electron chi connectivity index (χ2n) is 7.21. The van der Waals surface area contributed by atoms with Gasteiger partial charge < -0.3 is 14.4 Å². The molecule has 0 radical (unpaired) electrons. The molecule has 0 aromatic heterocycles. The molecule has 0 fully saturated rings. The Hall–Kier alpha value is -3.34. The summed E-state index contributed by atoms with van der Waals surface area (Å²) in [6.07, 6.45) is 4.45. The molecule has 1 atom stereocenters. The second kappa shape index (κ2) is 9.44. The van der Waals surface area contributed by atoms with E-state index in [-0.39, 0.29) is 6.04 Å². The zero-order valence-electron chi connectivity index (χ0n) is 17.8. The molecule has 0 bridgehead atoms. The van der Waals surface area contributed by atoms with Gasteiger partial charge in [-0.15, -0.1) is 0 Å². The van der Waals surface area contributed by atoms with E-state index in [0.717, 1.165) is 17.5 Å². The molecular weight excluding hydrogens is 378 g/mol. The molecule has 30 heavy (non-hydrogen) atoms. The van der Waals surface area contributed by atoms with Crippen molar-refractivity contribution in [2.75, 3.05) is 14.2 Å². The van der Waals surface area contributed by atoms with Crippen LogP contribution in [0.4, 0.5) is 0 Å². The highest BCUT2D eigenvalue weighted by Crippen LogP contribution is 2.39. The highest BCUT2D eigenvalue weighted by molar-refractivity contribution is 5.98. The third-order valence-electron chi connectivity index (χ3n) is 5.49. The van der Waals surface area contributed by atoms with E-state index < -0.39 is 17.9 Å². The van der Waals surface area contributed by atoms with Gasteiger partial charge in [0.2, 0.25) is 0 Å². The fraction of sp³-hybridized carbons (Fsp3) is 0.280. The van der Waals surface area contributed by atoms with E-state index in [1.807, 2.05) is 66.4 Å². The monoisotopic (exact) mass is 405 g/mol. The minimum atomic E-state index is -0.560. The molecule has 0 unspecified atom stereocenters. The lowest BCUT2D eigenvalue weighted by atomic mass is 9.82. The number of carbonyl (C=O) groups excluding carboxylic acids is 2. The summed E-state index contributed by atoms with van der Waals surface area (Å²) < 4.78 is 10.1. The van der Waals surface area contributed by atoms with Crippen molar-refractivity contribution in [3.05, 3.63) is 94.8 Å². The Balaban J connectivity index is 2.11. The number of nitrogens with zero attached hydrogens (tertiary/aromatic N) is 1. The number of esters is 2. The average molecular weight is 405 g/mol. The van der Waals surface area contributed by atoms with Crippen molar-refractivity contribution in [2.24, 2.45) is 0 Å². The van der Waals surface area contributed by atoms with Gasteiger partial charge in [0, 0.05) is 12.4 Å². The summed E-state index contributed by atoms with van der Waals surface area (Å²) in [5.74, 6) is -1.51. The molecule has 0 saturated carbocycles. The van der Waals surface area contributed by atoms with Gasteiger partial charge in [-0.05, 0) is 30.0 Å². The smallest absolute Gasteiger partial charge is 0.336 e. The van der Waals surface area contributed by atoms with Crippen LogP contribution >= 0.6 is 0 Å². The van der Waals surface area contributed by atoms with Gasteiger partial charge in [0.1, 0.15) is 0 Å². The summed E-state index contributed by atoms with van der Waals surface area (Å²) in [7, 11) is 2.70. The number of hydrogen-bond donors (Lipinski definition) is 0. The predicted octanol–water partition coefficient (Wildman–Crippen LogP) is 4.52. The Morgan fingerprint density at radius 2 is 1.43 bits per heavy atom. The molecule has 3 rings (SSSR count). The third kappa shape index (κ3) is 4.30. The van der Waals surface area contributed by atoms with E-state index in [0.29, 0.717) is 11.1 Å². The van der Waals surface area contributed by atoms with Crippen LogP contribution in [-0.4, -0.2) is 31.1 Å². The molecule has 0 saturated heterocycles. The summed E-state index contributed by atoms with van der Waals surface area (Å²) in [5, 5.41) is 0. The van der Waals surface area contributed by atoms with E-state index in [2.05, 4.69) is 6.92 Å². The molecular formula is C25H27NO4. The van der Waals surface area contributed by atoms with Crippen LogP contribution < -0.4 is 0 Å². The van der Waals surface area contributed by atoms with Crippen molar-refractivity contribution in [1.82, 2.24) is 4.90 Å². The number of aryl methyl sites for hydroxylation is 1. The van der Waals surface area contributed by atoms with Gasteiger partial charge in [0.25, 0.3) is 0 Å². The average Bonchev–Trinajstić information content (AvgIpc) is 2.82. The normalized spacial score (nSPS) is 15.1. The third-order valence-corrected chi connectivity index (χ3v) is 5.49. The first-order valence-corrected chi connectivity index (χ1v) is 10.0. The van der Waals surface area contributed by atoms with E-state index >= 15 is 0 Å². The first-order chi connectivity index (χ1) is 14.5. The number of ether oxygens (including phenoxy) is 2. The Morgan fingerprint density at radius 3 is 1.90 bits per heavy atom. The van der Waals surface area contributed by atoms with Gasteiger partial charge in [0.15, 0.2) is 0 Å². The number of rotatable bonds is 6. The second-order valence-corrected chi connectivity index (χ2v) is 7.21. The van der Waals surface area contributed by atoms with Gasteiger partial charge in [0.05, 0.1) is 37.3 Å². The summed E-state index contributed by atoms with van der Waals surface area (Å²) in [6, 6.07) is 17.7. The first kappa shape index (κ1) is 21.4. The van der Waals surface area contributed by atoms with Gasteiger partial charge in [-0.2, -0.15) is 0 Å². The Morgan fingerprint density at radius 1 is 0.900 bits per heavy atom. The molecule has 5 heteroatoms. The lowest BCUT2D eigenvalue weighted by Crippen LogP contribution is -2.30. The maximum atomic E-state index is 12.7. The molecule has 2 aromatic rings. The lowest BCUT2D eigenvalue weighted by molar-refractivity contribution is -0.137. The highest BCUT2D eigenvalue weighted by atomic mass is 16.5. The summed E-state index contributed by atoms with van der Waals surface area (Å²) >= 11 is 0. The number of hydrogen-bond acceptors (Lipinski definition) is 5. The maximum Gasteiger partial charge on any atom is 0.336 e. The minimum absolute atomic E-state index is 0.0890. The van der Waals surface area contributed by atoms with Gasteiger partial charge in [-0.3, -0.25) is 0 Å². The standard InChI is InChI=1S/C25H27NO4/c1-5-18-11-13-20(14-12-18)23-21(24(27)29-3)15-26(16-22(23)25(28)30-4)17(2)19-9-7-6-8-10-19/h6-17,23H,5H2,1-4H3/t17-/m1/s1. The predicted molar refractivity (Wildman–Crippen MR) is 115 cm³/mol. The van der Waals surface area contributed by atoms with Crippen molar-refractivity contribution in [1.29, 1.82) is 0 Å². The molecule has 0 spiro atoms. The van der Waals surface area contributed by atoms with Crippen LogP contribution in [0.25, 0.3) is 0 Å².